The van der Waals surface area contributed by atoms with Crippen LogP contribution in [0.15, 0.2) is 47.4 Å². The minimum Gasteiger partial charge on any atom is -0.352 e. The van der Waals surface area contributed by atoms with E-state index >= 15 is 0 Å². The maximum atomic E-state index is 13.1. The molecule has 214 valence electrons. The molecular weight excluding hydrogens is 512 g/mol. The Balaban J connectivity index is 1.78. The fourth-order valence-electron chi connectivity index (χ4n) is 4.92. The Morgan fingerprint density at radius 3 is 2.28 bits per heavy atom. The number of nitrogens with two attached hydrogens (primary N) is 1. The van der Waals surface area contributed by atoms with Crippen LogP contribution in [0.3, 0.4) is 0 Å². The molecule has 1 aliphatic rings. The van der Waals surface area contributed by atoms with Gasteiger partial charge in [-0.15, -0.1) is 0 Å². The molecule has 2 aromatic rings. The van der Waals surface area contributed by atoms with Crippen LogP contribution in [-0.4, -0.2) is 51.3 Å². The molecular formula is C30H44N4O4S. The number of primary sulfonamides is 1. The van der Waals surface area contributed by atoms with Crippen LogP contribution in [0.5, 0.6) is 0 Å². The minimum absolute atomic E-state index is 0.0210. The van der Waals surface area contributed by atoms with Crippen molar-refractivity contribution in [3.05, 3.63) is 59.2 Å². The van der Waals surface area contributed by atoms with Crippen molar-refractivity contribution >= 4 is 27.5 Å². The number of hydrogen-bond acceptors (Lipinski definition) is 5. The molecule has 39 heavy (non-hydrogen) atoms. The van der Waals surface area contributed by atoms with Gasteiger partial charge in [-0.25, -0.2) is 13.6 Å². The van der Waals surface area contributed by atoms with Crippen LogP contribution in [0.25, 0.3) is 0 Å². The van der Waals surface area contributed by atoms with E-state index in [4.69, 9.17) is 5.14 Å². The van der Waals surface area contributed by atoms with Gasteiger partial charge in [-0.1, -0.05) is 45.2 Å². The number of carbonyl (C=O) groups is 2. The van der Waals surface area contributed by atoms with Crippen molar-refractivity contribution in [2.45, 2.75) is 77.2 Å². The van der Waals surface area contributed by atoms with Crippen molar-refractivity contribution in [1.29, 1.82) is 0 Å². The summed E-state index contributed by atoms with van der Waals surface area (Å²) in [7, 11) is -3.73. The van der Waals surface area contributed by atoms with E-state index in [-0.39, 0.29) is 16.7 Å². The van der Waals surface area contributed by atoms with Gasteiger partial charge in [0, 0.05) is 37.8 Å². The van der Waals surface area contributed by atoms with Crippen LogP contribution in [0.1, 0.15) is 80.8 Å². The van der Waals surface area contributed by atoms with Gasteiger partial charge in [0.05, 0.1) is 4.90 Å². The maximum Gasteiger partial charge on any atom is 0.251 e. The van der Waals surface area contributed by atoms with Gasteiger partial charge < -0.3 is 10.2 Å². The number of carbonyl (C=O) groups excluding carboxylic acids is 2. The molecule has 3 rings (SSSR count). The van der Waals surface area contributed by atoms with E-state index < -0.39 is 10.0 Å². The summed E-state index contributed by atoms with van der Waals surface area (Å²) in [5.74, 6) is 0.452. The van der Waals surface area contributed by atoms with E-state index in [1.807, 2.05) is 17.0 Å². The zero-order valence-corrected chi connectivity index (χ0v) is 24.4. The summed E-state index contributed by atoms with van der Waals surface area (Å²) in [6.07, 6.45) is 7.27. The molecule has 0 bridgehead atoms. The summed E-state index contributed by atoms with van der Waals surface area (Å²) in [6, 6.07) is 12.0. The van der Waals surface area contributed by atoms with E-state index in [0.717, 1.165) is 55.6 Å². The first-order chi connectivity index (χ1) is 18.5. The van der Waals surface area contributed by atoms with Crippen LogP contribution in [-0.2, 0) is 27.8 Å². The molecule has 0 aliphatic carbocycles. The molecule has 0 aromatic heterocycles. The fraction of sp³-hybridized carbons (Fsp3) is 0.533. The standard InChI is InChI=1S/C30H44N4O4S/c1-23(2)16-20-33-18-7-5-4-6-8-19-34(24(3)35)29-14-11-26(21-27(29)22-33)30(36)32-17-15-25-9-12-28(13-10-25)39(31,37)38/h9-14,21,23H,4-8,15-20,22H2,1-3H3,(H,32,36)(H2,31,37,38). The van der Waals surface area contributed by atoms with Crippen molar-refractivity contribution in [2.24, 2.45) is 11.1 Å². The van der Waals surface area contributed by atoms with Crippen LogP contribution < -0.4 is 15.4 Å². The van der Waals surface area contributed by atoms with Gasteiger partial charge in [-0.05, 0) is 86.1 Å². The predicted octanol–water partition coefficient (Wildman–Crippen LogP) is 4.47. The van der Waals surface area contributed by atoms with E-state index in [1.54, 1.807) is 25.1 Å². The van der Waals surface area contributed by atoms with Crippen molar-refractivity contribution in [2.75, 3.05) is 31.1 Å². The molecule has 1 heterocycles. The normalized spacial score (nSPS) is 15.8. The number of fused-ring (bicyclic) bond motifs is 1. The zero-order valence-electron chi connectivity index (χ0n) is 23.6. The summed E-state index contributed by atoms with van der Waals surface area (Å²) in [4.78, 5) is 30.1. The summed E-state index contributed by atoms with van der Waals surface area (Å²) < 4.78 is 22.9. The first kappa shape index (κ1) is 30.8. The SMILES string of the molecule is CC(=O)N1CCCCCCCN(CCC(C)C)Cc2cc(C(=O)NCCc3ccc(S(N)(=O)=O)cc3)ccc21. The summed E-state index contributed by atoms with van der Waals surface area (Å²) in [5.41, 5.74) is 3.36. The van der Waals surface area contributed by atoms with Crippen LogP contribution >= 0.6 is 0 Å². The fourth-order valence-corrected chi connectivity index (χ4v) is 5.44. The summed E-state index contributed by atoms with van der Waals surface area (Å²) in [5, 5.41) is 8.14. The molecule has 2 aromatic carbocycles. The first-order valence-corrected chi connectivity index (χ1v) is 15.6. The summed E-state index contributed by atoms with van der Waals surface area (Å²) in [6.45, 7) is 9.86. The van der Waals surface area contributed by atoms with E-state index in [9.17, 15) is 18.0 Å². The van der Waals surface area contributed by atoms with Crippen molar-refractivity contribution in [3.63, 3.8) is 0 Å². The average Bonchev–Trinajstić information content (AvgIpc) is 2.87. The van der Waals surface area contributed by atoms with Gasteiger partial charge >= 0.3 is 0 Å². The third-order valence-corrected chi connectivity index (χ3v) is 8.17. The zero-order chi connectivity index (χ0) is 28.4. The highest BCUT2D eigenvalue weighted by atomic mass is 32.2. The van der Waals surface area contributed by atoms with E-state index in [0.29, 0.717) is 37.5 Å². The Morgan fingerprint density at radius 2 is 1.64 bits per heavy atom. The Morgan fingerprint density at radius 1 is 0.974 bits per heavy atom. The van der Waals surface area contributed by atoms with Gasteiger partial charge in [-0.3, -0.25) is 14.5 Å². The van der Waals surface area contributed by atoms with E-state index in [2.05, 4.69) is 24.1 Å². The topological polar surface area (TPSA) is 113 Å². The lowest BCUT2D eigenvalue weighted by Crippen LogP contribution is -2.33. The highest BCUT2D eigenvalue weighted by molar-refractivity contribution is 7.89. The number of nitrogens with one attached hydrogen (secondary N) is 1. The molecule has 0 saturated heterocycles. The molecule has 0 fully saturated rings. The molecule has 8 nitrogen and oxygen atoms in total. The second kappa shape index (κ2) is 14.6. The number of hydrogen-bond donors (Lipinski definition) is 2. The molecule has 0 saturated carbocycles. The molecule has 0 unspecified atom stereocenters. The smallest absolute Gasteiger partial charge is 0.251 e. The third kappa shape index (κ3) is 9.74. The predicted molar refractivity (Wildman–Crippen MR) is 156 cm³/mol. The quantitative estimate of drug-likeness (QED) is 0.498. The van der Waals surface area contributed by atoms with Gasteiger partial charge in [0.2, 0.25) is 15.9 Å². The van der Waals surface area contributed by atoms with Crippen LogP contribution in [0, 0.1) is 5.92 Å². The molecule has 2 amide bonds. The number of sulfonamides is 1. The van der Waals surface area contributed by atoms with E-state index in [1.165, 1.54) is 25.0 Å². The lowest BCUT2D eigenvalue weighted by atomic mass is 10.0. The summed E-state index contributed by atoms with van der Waals surface area (Å²) >= 11 is 0. The molecule has 0 atom stereocenters. The molecule has 0 radical (unpaired) electrons. The Bertz CT molecular complexity index is 1210. The largest absolute Gasteiger partial charge is 0.352 e. The Labute approximate surface area is 234 Å². The first-order valence-electron chi connectivity index (χ1n) is 14.1. The van der Waals surface area contributed by atoms with Crippen LogP contribution in [0.4, 0.5) is 5.69 Å². The number of amides is 2. The number of rotatable bonds is 8. The molecule has 3 N–H and O–H groups in total. The second-order valence-corrected chi connectivity index (χ2v) is 12.5. The van der Waals surface area contributed by atoms with Crippen molar-refractivity contribution in [1.82, 2.24) is 10.2 Å². The third-order valence-electron chi connectivity index (χ3n) is 7.24. The molecule has 1 aliphatic heterocycles. The lowest BCUT2D eigenvalue weighted by molar-refractivity contribution is -0.116. The average molecular weight is 557 g/mol. The maximum absolute atomic E-state index is 13.1. The monoisotopic (exact) mass is 556 g/mol. The van der Waals surface area contributed by atoms with Crippen molar-refractivity contribution < 1.29 is 18.0 Å². The number of benzene rings is 2. The lowest BCUT2D eigenvalue weighted by Gasteiger charge is -2.29. The second-order valence-electron chi connectivity index (χ2n) is 10.9. The Kier molecular flexibility index (Phi) is 11.5. The van der Waals surface area contributed by atoms with Gasteiger partial charge in [0.25, 0.3) is 5.91 Å². The minimum atomic E-state index is -3.73. The number of nitrogens with zero attached hydrogens (tertiary/aromatic N) is 2. The molecule has 9 heteroatoms. The highest BCUT2D eigenvalue weighted by Gasteiger charge is 2.20. The van der Waals surface area contributed by atoms with Crippen LogP contribution in [0.2, 0.25) is 0 Å². The molecule has 0 spiro atoms. The van der Waals surface area contributed by atoms with Crippen molar-refractivity contribution in [3.8, 4) is 0 Å². The Hall–Kier alpha value is -2.75. The van der Waals surface area contributed by atoms with Gasteiger partial charge in [-0.2, -0.15) is 0 Å². The van der Waals surface area contributed by atoms with Gasteiger partial charge in [0.1, 0.15) is 0 Å². The number of anilines is 1. The van der Waals surface area contributed by atoms with Gasteiger partial charge in [0.15, 0.2) is 0 Å². The highest BCUT2D eigenvalue weighted by Crippen LogP contribution is 2.26.